The molecular weight excluding hydrogens is 506 g/mol. The molecule has 2 aromatic carbocycles. The van der Waals surface area contributed by atoms with Gasteiger partial charge in [0, 0.05) is 31.1 Å². The van der Waals surface area contributed by atoms with E-state index in [2.05, 4.69) is 0 Å². The Kier molecular flexibility index (Phi) is 6.79. The van der Waals surface area contributed by atoms with E-state index < -0.39 is 11.7 Å². The fourth-order valence-electron chi connectivity index (χ4n) is 4.94. The Bertz CT molecular complexity index is 1370. The molecule has 2 aliphatic rings. The van der Waals surface area contributed by atoms with Crippen molar-refractivity contribution < 1.29 is 23.5 Å². The second-order valence-corrected chi connectivity index (χ2v) is 10.3. The zero-order chi connectivity index (χ0) is 25.6. The highest BCUT2D eigenvalue weighted by molar-refractivity contribution is 6.41. The van der Waals surface area contributed by atoms with Crippen LogP contribution in [0, 0.1) is 11.7 Å². The standard InChI is InChI=1S/C27H25Cl2FN2O4/c1-36-22(33)12-15-6-9-31(10-7-15)26(34)19-4-5-20(28)23(24(19)29)27(35)32-11-8-17-13-18(16-2-3-16)14-21(30)25(17)32/h4-5,8,11,13-16H,2-3,6-7,9-10,12H2,1H3. The Labute approximate surface area is 217 Å². The van der Waals surface area contributed by atoms with Gasteiger partial charge in [-0.05, 0) is 73.4 Å². The van der Waals surface area contributed by atoms with Gasteiger partial charge in [-0.1, -0.05) is 23.2 Å². The average Bonchev–Trinajstić information content (AvgIpc) is 3.63. The Balaban J connectivity index is 1.41. The first-order chi connectivity index (χ1) is 17.3. The molecule has 9 heteroatoms. The van der Waals surface area contributed by atoms with Gasteiger partial charge in [-0.3, -0.25) is 19.0 Å². The van der Waals surface area contributed by atoms with Gasteiger partial charge in [-0.2, -0.15) is 0 Å². The van der Waals surface area contributed by atoms with Gasteiger partial charge < -0.3 is 9.64 Å². The van der Waals surface area contributed by atoms with E-state index in [9.17, 15) is 14.4 Å². The number of halogens is 3. The topological polar surface area (TPSA) is 68.6 Å². The lowest BCUT2D eigenvalue weighted by Crippen LogP contribution is -2.39. The van der Waals surface area contributed by atoms with Crippen molar-refractivity contribution in [2.24, 2.45) is 5.92 Å². The third-order valence-corrected chi connectivity index (χ3v) is 7.85. The molecule has 1 saturated carbocycles. The minimum absolute atomic E-state index is 0.0482. The largest absolute Gasteiger partial charge is 0.469 e. The number of hydrogen-bond acceptors (Lipinski definition) is 4. The second kappa shape index (κ2) is 9.87. The summed E-state index contributed by atoms with van der Waals surface area (Å²) in [5.41, 5.74) is 1.20. The fraction of sp³-hybridized carbons (Fsp3) is 0.370. The number of hydrogen-bond donors (Lipinski definition) is 0. The van der Waals surface area contributed by atoms with Gasteiger partial charge in [-0.25, -0.2) is 4.39 Å². The predicted octanol–water partition coefficient (Wildman–Crippen LogP) is 6.07. The van der Waals surface area contributed by atoms with E-state index in [-0.39, 0.29) is 44.5 Å². The molecule has 0 bridgehead atoms. The number of benzene rings is 2. The molecule has 1 amide bonds. The number of carbonyl (C=O) groups excluding carboxylic acids is 3. The Hall–Kier alpha value is -2.90. The maximum atomic E-state index is 15.1. The number of fused-ring (bicyclic) bond motifs is 1. The molecule has 188 valence electrons. The highest BCUT2D eigenvalue weighted by atomic mass is 35.5. The van der Waals surface area contributed by atoms with Crippen molar-refractivity contribution in [3.05, 3.63) is 69.1 Å². The molecule has 36 heavy (non-hydrogen) atoms. The first kappa shape index (κ1) is 24.8. The van der Waals surface area contributed by atoms with E-state index in [0.717, 1.165) is 18.4 Å². The van der Waals surface area contributed by atoms with E-state index in [0.29, 0.717) is 43.7 Å². The van der Waals surface area contributed by atoms with Crippen LogP contribution in [0.3, 0.4) is 0 Å². The zero-order valence-electron chi connectivity index (χ0n) is 19.7. The number of methoxy groups -OCH3 is 1. The van der Waals surface area contributed by atoms with Crippen LogP contribution >= 0.6 is 23.2 Å². The molecule has 0 spiro atoms. The maximum Gasteiger partial charge on any atom is 0.305 e. The molecule has 0 unspecified atom stereocenters. The number of nitrogens with zero attached hydrogens (tertiary/aromatic N) is 2. The highest BCUT2D eigenvalue weighted by Gasteiger charge is 2.30. The number of amides is 1. The van der Waals surface area contributed by atoms with Crippen LogP contribution in [0.2, 0.25) is 10.0 Å². The summed E-state index contributed by atoms with van der Waals surface area (Å²) in [5.74, 6) is -1.15. The first-order valence-corrected chi connectivity index (χ1v) is 12.7. The molecule has 0 radical (unpaired) electrons. The lowest BCUT2D eigenvalue weighted by Gasteiger charge is -2.32. The van der Waals surface area contributed by atoms with Crippen molar-refractivity contribution >= 4 is 51.9 Å². The van der Waals surface area contributed by atoms with Gasteiger partial charge in [0.15, 0.2) is 0 Å². The molecular formula is C27H25Cl2FN2O4. The molecule has 1 saturated heterocycles. The van der Waals surface area contributed by atoms with Crippen LogP contribution in [-0.2, 0) is 9.53 Å². The van der Waals surface area contributed by atoms with E-state index in [1.54, 1.807) is 11.0 Å². The number of rotatable bonds is 5. The van der Waals surface area contributed by atoms with E-state index in [4.69, 9.17) is 27.9 Å². The van der Waals surface area contributed by atoms with Gasteiger partial charge in [0.05, 0.1) is 33.8 Å². The molecule has 2 fully saturated rings. The van der Waals surface area contributed by atoms with Crippen LogP contribution in [0.5, 0.6) is 0 Å². The predicted molar refractivity (Wildman–Crippen MR) is 135 cm³/mol. The molecule has 6 nitrogen and oxygen atoms in total. The average molecular weight is 531 g/mol. The molecule has 0 atom stereocenters. The lowest BCUT2D eigenvalue weighted by molar-refractivity contribution is -0.142. The Morgan fingerprint density at radius 2 is 1.75 bits per heavy atom. The van der Waals surface area contributed by atoms with E-state index >= 15 is 4.39 Å². The molecule has 0 N–H and O–H groups in total. The summed E-state index contributed by atoms with van der Waals surface area (Å²) in [5, 5.41) is 0.640. The SMILES string of the molecule is COC(=O)CC1CCN(C(=O)c2ccc(Cl)c(C(=O)n3ccc4cc(C5CC5)cc(F)c43)c2Cl)CC1. The number of ether oxygens (including phenoxy) is 1. The van der Waals surface area contributed by atoms with E-state index in [1.807, 2.05) is 6.07 Å². The van der Waals surface area contributed by atoms with Crippen LogP contribution in [0.1, 0.15) is 64.3 Å². The number of piperidine rings is 1. The second-order valence-electron chi connectivity index (χ2n) is 9.51. The maximum absolute atomic E-state index is 15.1. The third-order valence-electron chi connectivity index (χ3n) is 7.15. The molecule has 3 aromatic rings. The number of esters is 1. The van der Waals surface area contributed by atoms with Gasteiger partial charge in [0.25, 0.3) is 11.8 Å². The Morgan fingerprint density at radius 1 is 1.03 bits per heavy atom. The van der Waals surface area contributed by atoms with Crippen LogP contribution in [0.15, 0.2) is 36.5 Å². The molecule has 1 aromatic heterocycles. The fourth-order valence-corrected chi connectivity index (χ4v) is 5.55. The summed E-state index contributed by atoms with van der Waals surface area (Å²) < 4.78 is 21.0. The van der Waals surface area contributed by atoms with Crippen molar-refractivity contribution in [1.29, 1.82) is 0 Å². The van der Waals surface area contributed by atoms with E-state index in [1.165, 1.54) is 36.1 Å². The summed E-state index contributed by atoms with van der Waals surface area (Å²) in [6.45, 7) is 0.916. The van der Waals surface area contributed by atoms with Crippen LogP contribution < -0.4 is 0 Å². The van der Waals surface area contributed by atoms with Crippen LogP contribution in [0.4, 0.5) is 4.39 Å². The third kappa shape index (κ3) is 4.62. The van der Waals surface area contributed by atoms with Crippen molar-refractivity contribution in [2.75, 3.05) is 20.2 Å². The molecule has 1 aliphatic carbocycles. The lowest BCUT2D eigenvalue weighted by atomic mass is 9.93. The van der Waals surface area contributed by atoms with Gasteiger partial charge >= 0.3 is 5.97 Å². The summed E-state index contributed by atoms with van der Waals surface area (Å²) >= 11 is 13.0. The monoisotopic (exact) mass is 530 g/mol. The van der Waals surface area contributed by atoms with Gasteiger partial charge in [-0.15, -0.1) is 0 Å². The zero-order valence-corrected chi connectivity index (χ0v) is 21.2. The molecule has 2 heterocycles. The van der Waals surface area contributed by atoms with Gasteiger partial charge in [0.2, 0.25) is 0 Å². The Morgan fingerprint density at radius 3 is 2.42 bits per heavy atom. The van der Waals surface area contributed by atoms with Crippen LogP contribution in [-0.4, -0.2) is 47.4 Å². The quantitative estimate of drug-likeness (QED) is 0.375. The van der Waals surface area contributed by atoms with Crippen LogP contribution in [0.25, 0.3) is 10.9 Å². The summed E-state index contributed by atoms with van der Waals surface area (Å²) in [6, 6.07) is 8.05. The summed E-state index contributed by atoms with van der Waals surface area (Å²) in [7, 11) is 1.36. The smallest absolute Gasteiger partial charge is 0.305 e. The minimum atomic E-state index is -0.607. The number of carbonyl (C=O) groups is 3. The van der Waals surface area contributed by atoms with Crippen molar-refractivity contribution in [3.8, 4) is 0 Å². The highest BCUT2D eigenvalue weighted by Crippen LogP contribution is 2.42. The number of likely N-dealkylation sites (tertiary alicyclic amines) is 1. The minimum Gasteiger partial charge on any atom is -0.469 e. The van der Waals surface area contributed by atoms with Crippen molar-refractivity contribution in [2.45, 2.75) is 38.0 Å². The molecule has 5 rings (SSSR count). The van der Waals surface area contributed by atoms with Crippen molar-refractivity contribution in [3.63, 3.8) is 0 Å². The number of aromatic nitrogens is 1. The summed E-state index contributed by atoms with van der Waals surface area (Å²) in [6.07, 6.45) is 5.23. The summed E-state index contributed by atoms with van der Waals surface area (Å²) in [4.78, 5) is 40.0. The first-order valence-electron chi connectivity index (χ1n) is 12.0. The molecule has 1 aliphatic heterocycles. The van der Waals surface area contributed by atoms with Gasteiger partial charge in [0.1, 0.15) is 5.82 Å². The van der Waals surface area contributed by atoms with Crippen molar-refractivity contribution in [1.82, 2.24) is 9.47 Å². The normalized spacial score (nSPS) is 16.4.